The van der Waals surface area contributed by atoms with Crippen molar-refractivity contribution in [3.05, 3.63) is 18.3 Å². The molecule has 0 bridgehead atoms. The molecular weight excluding hydrogens is 252 g/mol. The summed E-state index contributed by atoms with van der Waals surface area (Å²) in [5.41, 5.74) is 5.99. The van der Waals surface area contributed by atoms with Crippen LogP contribution in [0.25, 0.3) is 0 Å². The highest BCUT2D eigenvalue weighted by Gasteiger charge is 2.28. The maximum Gasteiger partial charge on any atom is 0.244 e. The van der Waals surface area contributed by atoms with E-state index in [4.69, 9.17) is 5.73 Å². The number of carbonyl (C=O) groups excluding carboxylic acids is 1. The molecule has 2 rings (SSSR count). The first-order chi connectivity index (χ1) is 9.54. The van der Waals surface area contributed by atoms with E-state index in [1.807, 2.05) is 19.1 Å². The lowest BCUT2D eigenvalue weighted by Crippen LogP contribution is -2.48. The third kappa shape index (κ3) is 3.28. The molecule has 0 aliphatic carbocycles. The van der Waals surface area contributed by atoms with Gasteiger partial charge in [-0.15, -0.1) is 0 Å². The molecule has 0 radical (unpaired) electrons. The number of rotatable bonds is 5. The number of anilines is 2. The fourth-order valence-electron chi connectivity index (χ4n) is 2.57. The predicted octanol–water partition coefficient (Wildman–Crippen LogP) is 2.14. The summed E-state index contributed by atoms with van der Waals surface area (Å²) in [5.74, 6) is 0.707. The lowest BCUT2D eigenvalue weighted by Gasteiger charge is -2.25. The molecule has 1 aliphatic heterocycles. The van der Waals surface area contributed by atoms with E-state index in [-0.39, 0.29) is 5.91 Å². The molecule has 1 saturated heterocycles. The first-order valence-corrected chi connectivity index (χ1v) is 7.35. The van der Waals surface area contributed by atoms with Gasteiger partial charge in [0.25, 0.3) is 0 Å². The van der Waals surface area contributed by atoms with Crippen LogP contribution in [-0.2, 0) is 4.79 Å². The number of pyridine rings is 1. The SMILES string of the molecule is CCCC(C)(N)C(=O)Nc1cccnc1N1CCCC1. The second-order valence-electron chi connectivity index (χ2n) is 5.69. The van der Waals surface area contributed by atoms with Crippen LogP contribution in [0.2, 0.25) is 0 Å². The zero-order valence-electron chi connectivity index (χ0n) is 12.4. The molecule has 1 unspecified atom stereocenters. The van der Waals surface area contributed by atoms with Crippen LogP contribution in [0.4, 0.5) is 11.5 Å². The zero-order valence-corrected chi connectivity index (χ0v) is 12.4. The summed E-state index contributed by atoms with van der Waals surface area (Å²) in [4.78, 5) is 18.9. The number of hydrogen-bond donors (Lipinski definition) is 2. The third-order valence-electron chi connectivity index (χ3n) is 3.73. The van der Waals surface area contributed by atoms with E-state index >= 15 is 0 Å². The van der Waals surface area contributed by atoms with Gasteiger partial charge in [0.15, 0.2) is 5.82 Å². The Balaban J connectivity index is 2.15. The molecule has 1 aromatic rings. The number of nitrogens with zero attached hydrogens (tertiary/aromatic N) is 2. The molecule has 0 aromatic carbocycles. The molecular formula is C15H24N4O. The van der Waals surface area contributed by atoms with Crippen LogP contribution in [0.3, 0.4) is 0 Å². The molecule has 1 amide bonds. The normalized spacial score (nSPS) is 17.9. The van der Waals surface area contributed by atoms with Gasteiger partial charge in [-0.2, -0.15) is 0 Å². The maximum absolute atomic E-state index is 12.3. The van der Waals surface area contributed by atoms with Crippen LogP contribution in [0.5, 0.6) is 0 Å². The molecule has 0 spiro atoms. The monoisotopic (exact) mass is 276 g/mol. The second-order valence-corrected chi connectivity index (χ2v) is 5.69. The van der Waals surface area contributed by atoms with Gasteiger partial charge in [0, 0.05) is 19.3 Å². The van der Waals surface area contributed by atoms with Crippen molar-refractivity contribution < 1.29 is 4.79 Å². The number of aromatic nitrogens is 1. The van der Waals surface area contributed by atoms with Gasteiger partial charge >= 0.3 is 0 Å². The van der Waals surface area contributed by atoms with E-state index in [1.54, 1.807) is 13.1 Å². The predicted molar refractivity (Wildman–Crippen MR) is 81.8 cm³/mol. The summed E-state index contributed by atoms with van der Waals surface area (Å²) in [6.07, 6.45) is 5.66. The molecule has 1 aliphatic rings. The van der Waals surface area contributed by atoms with Crippen molar-refractivity contribution >= 4 is 17.4 Å². The Morgan fingerprint density at radius 1 is 1.50 bits per heavy atom. The van der Waals surface area contributed by atoms with E-state index < -0.39 is 5.54 Å². The van der Waals surface area contributed by atoms with Gasteiger partial charge in [0.1, 0.15) is 0 Å². The average Bonchev–Trinajstić information content (AvgIpc) is 2.93. The third-order valence-corrected chi connectivity index (χ3v) is 3.73. The molecule has 5 nitrogen and oxygen atoms in total. The first-order valence-electron chi connectivity index (χ1n) is 7.35. The topological polar surface area (TPSA) is 71.2 Å². The molecule has 1 fully saturated rings. The Kier molecular flexibility index (Phi) is 4.60. The number of nitrogens with one attached hydrogen (secondary N) is 1. The van der Waals surface area contributed by atoms with Crippen LogP contribution in [0, 0.1) is 0 Å². The van der Waals surface area contributed by atoms with Crippen LogP contribution >= 0.6 is 0 Å². The molecule has 3 N–H and O–H groups in total. The molecule has 1 atom stereocenters. The zero-order chi connectivity index (χ0) is 14.6. The number of amides is 1. The minimum absolute atomic E-state index is 0.146. The van der Waals surface area contributed by atoms with Crippen molar-refractivity contribution in [3.63, 3.8) is 0 Å². The van der Waals surface area contributed by atoms with E-state index in [1.165, 1.54) is 12.8 Å². The summed E-state index contributed by atoms with van der Waals surface area (Å²) < 4.78 is 0. The van der Waals surface area contributed by atoms with Crippen molar-refractivity contribution in [3.8, 4) is 0 Å². The van der Waals surface area contributed by atoms with Gasteiger partial charge in [-0.3, -0.25) is 4.79 Å². The van der Waals surface area contributed by atoms with Crippen LogP contribution in [-0.4, -0.2) is 29.5 Å². The second kappa shape index (κ2) is 6.22. The maximum atomic E-state index is 12.3. The highest BCUT2D eigenvalue weighted by molar-refractivity contribution is 5.99. The van der Waals surface area contributed by atoms with Gasteiger partial charge in [0.2, 0.25) is 5.91 Å². The van der Waals surface area contributed by atoms with Crippen LogP contribution < -0.4 is 16.0 Å². The van der Waals surface area contributed by atoms with Gasteiger partial charge in [0.05, 0.1) is 11.2 Å². The molecule has 5 heteroatoms. The van der Waals surface area contributed by atoms with Gasteiger partial charge < -0.3 is 16.0 Å². The molecule has 20 heavy (non-hydrogen) atoms. The fourth-order valence-corrected chi connectivity index (χ4v) is 2.57. The first kappa shape index (κ1) is 14.8. The van der Waals surface area contributed by atoms with Gasteiger partial charge in [-0.25, -0.2) is 4.98 Å². The number of carbonyl (C=O) groups is 1. The molecule has 2 heterocycles. The summed E-state index contributed by atoms with van der Waals surface area (Å²) in [6.45, 7) is 5.79. The van der Waals surface area contributed by atoms with Crippen molar-refractivity contribution in [1.29, 1.82) is 0 Å². The van der Waals surface area contributed by atoms with Crippen molar-refractivity contribution in [1.82, 2.24) is 4.98 Å². The van der Waals surface area contributed by atoms with E-state index in [2.05, 4.69) is 15.2 Å². The highest BCUT2D eigenvalue weighted by Crippen LogP contribution is 2.27. The highest BCUT2D eigenvalue weighted by atomic mass is 16.2. The number of hydrogen-bond acceptors (Lipinski definition) is 4. The van der Waals surface area contributed by atoms with E-state index in [0.29, 0.717) is 6.42 Å². The standard InChI is InChI=1S/C15H24N4O/c1-3-8-15(2,16)14(20)18-12-7-6-9-17-13(12)19-10-4-5-11-19/h6-7,9H,3-5,8,10-11,16H2,1-2H3,(H,18,20). The van der Waals surface area contributed by atoms with Crippen molar-refractivity contribution in [2.45, 2.75) is 45.1 Å². The number of nitrogens with two attached hydrogens (primary N) is 1. The molecule has 1 aromatic heterocycles. The molecule has 110 valence electrons. The van der Waals surface area contributed by atoms with Crippen LogP contribution in [0.15, 0.2) is 18.3 Å². The van der Waals surface area contributed by atoms with Crippen LogP contribution in [0.1, 0.15) is 39.5 Å². The Hall–Kier alpha value is -1.62. The van der Waals surface area contributed by atoms with Crippen molar-refractivity contribution in [2.24, 2.45) is 5.73 Å². The van der Waals surface area contributed by atoms with Gasteiger partial charge in [-0.05, 0) is 38.3 Å². The molecule has 0 saturated carbocycles. The average molecular weight is 276 g/mol. The van der Waals surface area contributed by atoms with Crippen molar-refractivity contribution in [2.75, 3.05) is 23.3 Å². The van der Waals surface area contributed by atoms with E-state index in [0.717, 1.165) is 31.0 Å². The van der Waals surface area contributed by atoms with E-state index in [9.17, 15) is 4.79 Å². The minimum atomic E-state index is -0.840. The summed E-state index contributed by atoms with van der Waals surface area (Å²) in [6, 6.07) is 3.73. The summed E-state index contributed by atoms with van der Waals surface area (Å²) >= 11 is 0. The smallest absolute Gasteiger partial charge is 0.244 e. The fraction of sp³-hybridized carbons (Fsp3) is 0.600. The largest absolute Gasteiger partial charge is 0.355 e. The van der Waals surface area contributed by atoms with Gasteiger partial charge in [-0.1, -0.05) is 13.3 Å². The summed E-state index contributed by atoms with van der Waals surface area (Å²) in [7, 11) is 0. The minimum Gasteiger partial charge on any atom is -0.355 e. The Bertz CT molecular complexity index is 467. The lowest BCUT2D eigenvalue weighted by molar-refractivity contribution is -0.120. The Labute approximate surface area is 120 Å². The Morgan fingerprint density at radius 2 is 2.20 bits per heavy atom. The lowest BCUT2D eigenvalue weighted by atomic mass is 9.96. The Morgan fingerprint density at radius 3 is 2.85 bits per heavy atom. The quantitative estimate of drug-likeness (QED) is 0.864. The summed E-state index contributed by atoms with van der Waals surface area (Å²) in [5, 5.41) is 2.94.